The molecule has 0 aliphatic heterocycles. The molecule has 58 heavy (non-hydrogen) atoms. The van der Waals surface area contributed by atoms with Gasteiger partial charge in [-0.15, -0.1) is 0 Å². The summed E-state index contributed by atoms with van der Waals surface area (Å²) < 4.78 is 17.0. The van der Waals surface area contributed by atoms with Gasteiger partial charge in [-0.2, -0.15) is 5.26 Å². The fourth-order valence-electron chi connectivity index (χ4n) is 9.11. The van der Waals surface area contributed by atoms with Crippen molar-refractivity contribution in [2.24, 2.45) is 0 Å². The van der Waals surface area contributed by atoms with Crippen molar-refractivity contribution < 1.29 is 8.83 Å². The van der Waals surface area contributed by atoms with Crippen LogP contribution in [0.25, 0.3) is 120 Å². The molecule has 12 aromatic rings. The molecule has 0 fully saturated rings. The van der Waals surface area contributed by atoms with Crippen molar-refractivity contribution in [2.45, 2.75) is 0 Å². The molecule has 0 N–H and O–H groups in total. The molecule has 0 aliphatic rings. The van der Waals surface area contributed by atoms with E-state index in [-0.39, 0.29) is 11.4 Å². The zero-order chi connectivity index (χ0) is 38.6. The standard InChI is InChI=1S/C51H25N5O2/c1-53-41-22-21-36(51(50(41)54-2)56-43-16-8-4-12-33(43)38-25-40-35-14-6-10-18-47(35)58-49(40)27-45(38)56)31-20-19-30(23-29(31)28-52)55-42-15-7-3-11-32(42)37-24-39-34-13-5-9-17-46(34)57-48(39)26-44(37)55/h3-27H. The Hall–Kier alpha value is -8.57. The number of nitrogens with zero attached hydrogens (tertiary/aromatic N) is 5. The lowest BCUT2D eigenvalue weighted by Gasteiger charge is -2.19. The Morgan fingerprint density at radius 2 is 0.983 bits per heavy atom. The summed E-state index contributed by atoms with van der Waals surface area (Å²) in [6, 6.07) is 52.9. The van der Waals surface area contributed by atoms with E-state index < -0.39 is 0 Å². The van der Waals surface area contributed by atoms with Crippen molar-refractivity contribution in [3.63, 3.8) is 0 Å². The highest BCUT2D eigenvalue weighted by Crippen LogP contribution is 2.47. The Labute approximate surface area is 329 Å². The number of para-hydroxylation sites is 4. The second kappa shape index (κ2) is 11.7. The van der Waals surface area contributed by atoms with E-state index in [2.05, 4.69) is 73.4 Å². The average Bonchev–Trinajstić information content (AvgIpc) is 4.01. The molecule has 7 heteroatoms. The maximum absolute atomic E-state index is 10.9. The zero-order valence-electron chi connectivity index (χ0n) is 30.5. The Kier molecular flexibility index (Phi) is 6.41. The van der Waals surface area contributed by atoms with Crippen molar-refractivity contribution in [1.29, 1.82) is 5.26 Å². The predicted molar refractivity (Wildman–Crippen MR) is 232 cm³/mol. The average molecular weight is 740 g/mol. The summed E-state index contributed by atoms with van der Waals surface area (Å²) in [4.78, 5) is 7.81. The van der Waals surface area contributed by atoms with Gasteiger partial charge in [-0.25, -0.2) is 4.85 Å². The molecule has 266 valence electrons. The first-order valence-corrected chi connectivity index (χ1v) is 18.8. The van der Waals surface area contributed by atoms with Gasteiger partial charge in [0.1, 0.15) is 22.3 Å². The summed E-state index contributed by atoms with van der Waals surface area (Å²) >= 11 is 0. The van der Waals surface area contributed by atoms with Crippen LogP contribution in [0.15, 0.2) is 160 Å². The van der Waals surface area contributed by atoms with Crippen LogP contribution >= 0.6 is 0 Å². The lowest BCUT2D eigenvalue weighted by Crippen LogP contribution is -2.00. The van der Waals surface area contributed by atoms with Crippen LogP contribution in [0.4, 0.5) is 11.4 Å². The van der Waals surface area contributed by atoms with Gasteiger partial charge in [-0.05, 0) is 54.1 Å². The van der Waals surface area contributed by atoms with Crippen molar-refractivity contribution in [3.05, 3.63) is 180 Å². The van der Waals surface area contributed by atoms with E-state index in [0.717, 1.165) is 93.2 Å². The van der Waals surface area contributed by atoms with Crippen LogP contribution in [0.1, 0.15) is 5.56 Å². The first kappa shape index (κ1) is 31.7. The predicted octanol–water partition coefficient (Wildman–Crippen LogP) is 14.3. The van der Waals surface area contributed by atoms with Gasteiger partial charge in [-0.3, -0.25) is 4.85 Å². The minimum atomic E-state index is 0.213. The molecule has 12 rings (SSSR count). The molecule has 0 atom stereocenters. The molecule has 0 saturated heterocycles. The fourth-order valence-corrected chi connectivity index (χ4v) is 9.11. The lowest BCUT2D eigenvalue weighted by molar-refractivity contribution is 0.669. The van der Waals surface area contributed by atoms with Crippen LogP contribution in [-0.4, -0.2) is 9.13 Å². The van der Waals surface area contributed by atoms with Crippen LogP contribution in [0.3, 0.4) is 0 Å². The first-order valence-electron chi connectivity index (χ1n) is 18.8. The van der Waals surface area contributed by atoms with Crippen molar-refractivity contribution >= 4 is 98.9 Å². The highest BCUT2D eigenvalue weighted by Gasteiger charge is 2.25. The van der Waals surface area contributed by atoms with Gasteiger partial charge in [0.05, 0.1) is 46.8 Å². The number of aromatic nitrogens is 2. The van der Waals surface area contributed by atoms with Crippen LogP contribution in [-0.2, 0) is 0 Å². The quantitative estimate of drug-likeness (QED) is 0.169. The summed E-state index contributed by atoms with van der Waals surface area (Å²) in [7, 11) is 0. The smallest absolute Gasteiger partial charge is 0.218 e. The van der Waals surface area contributed by atoms with E-state index in [1.165, 1.54) is 0 Å². The number of rotatable bonds is 3. The van der Waals surface area contributed by atoms with Gasteiger partial charge >= 0.3 is 0 Å². The maximum Gasteiger partial charge on any atom is 0.218 e. The molecule has 0 bridgehead atoms. The number of furan rings is 2. The lowest BCUT2D eigenvalue weighted by atomic mass is 9.96. The van der Waals surface area contributed by atoms with Crippen LogP contribution in [0.2, 0.25) is 0 Å². The molecule has 0 aliphatic carbocycles. The Morgan fingerprint density at radius 3 is 1.57 bits per heavy atom. The molecule has 8 aromatic carbocycles. The topological polar surface area (TPSA) is 68.6 Å². The molecular formula is C51H25N5O2. The number of benzene rings is 8. The molecule has 0 amide bonds. The fraction of sp³-hybridized carbons (Fsp3) is 0. The molecule has 0 radical (unpaired) electrons. The van der Waals surface area contributed by atoms with Crippen molar-refractivity contribution in [2.75, 3.05) is 0 Å². The van der Waals surface area contributed by atoms with Gasteiger partial charge in [0.25, 0.3) is 0 Å². The van der Waals surface area contributed by atoms with Gasteiger partial charge < -0.3 is 18.0 Å². The summed E-state index contributed by atoms with van der Waals surface area (Å²) in [5.41, 5.74) is 10.4. The van der Waals surface area contributed by atoms with E-state index in [0.29, 0.717) is 22.4 Å². The maximum atomic E-state index is 10.9. The molecule has 0 saturated carbocycles. The summed E-state index contributed by atoms with van der Waals surface area (Å²) in [5, 5.41) is 19.2. The normalized spacial score (nSPS) is 11.7. The van der Waals surface area contributed by atoms with Crippen LogP contribution < -0.4 is 0 Å². The minimum absolute atomic E-state index is 0.213. The largest absolute Gasteiger partial charge is 0.456 e. The van der Waals surface area contributed by atoms with Crippen molar-refractivity contribution in [1.82, 2.24) is 9.13 Å². The van der Waals surface area contributed by atoms with Gasteiger partial charge in [0.2, 0.25) is 5.69 Å². The third kappa shape index (κ3) is 4.23. The third-order valence-electron chi connectivity index (χ3n) is 11.6. The van der Waals surface area contributed by atoms with E-state index in [1.54, 1.807) is 6.07 Å². The molecular weight excluding hydrogens is 715 g/mol. The SMILES string of the molecule is [C-]#[N+]c1ccc(-c2ccc(-n3c4ccccc4c4cc5c(cc43)oc3ccccc35)cc2C#N)c(-n2c3ccccc3c3cc4c(cc32)oc2ccccc24)c1[N+]#[C-]. The van der Waals surface area contributed by atoms with E-state index >= 15 is 0 Å². The highest BCUT2D eigenvalue weighted by atomic mass is 16.3. The molecule has 4 aromatic heterocycles. The van der Waals surface area contributed by atoms with E-state index in [9.17, 15) is 5.26 Å². The van der Waals surface area contributed by atoms with Crippen molar-refractivity contribution in [3.8, 4) is 28.6 Å². The molecule has 0 unspecified atom stereocenters. The summed E-state index contributed by atoms with van der Waals surface area (Å²) in [5.74, 6) is 0. The molecule has 7 nitrogen and oxygen atoms in total. The monoisotopic (exact) mass is 739 g/mol. The van der Waals surface area contributed by atoms with E-state index in [4.69, 9.17) is 22.0 Å². The van der Waals surface area contributed by atoms with Crippen LogP contribution in [0.5, 0.6) is 0 Å². The second-order valence-electron chi connectivity index (χ2n) is 14.5. The molecule has 0 spiro atoms. The van der Waals surface area contributed by atoms with E-state index in [1.807, 2.05) is 97.1 Å². The number of hydrogen-bond donors (Lipinski definition) is 0. The van der Waals surface area contributed by atoms with Gasteiger partial charge in [-0.1, -0.05) is 91.0 Å². The Morgan fingerprint density at radius 1 is 0.448 bits per heavy atom. The number of fused-ring (bicyclic) bond motifs is 12. The Bertz CT molecular complexity index is 3910. The van der Waals surface area contributed by atoms with Gasteiger partial charge in [0, 0.05) is 72.2 Å². The zero-order valence-corrected chi connectivity index (χ0v) is 30.5. The highest BCUT2D eigenvalue weighted by molar-refractivity contribution is 6.19. The Balaban J connectivity index is 1.13. The van der Waals surface area contributed by atoms with Gasteiger partial charge in [0.15, 0.2) is 5.69 Å². The number of hydrogen-bond acceptors (Lipinski definition) is 3. The summed E-state index contributed by atoms with van der Waals surface area (Å²) in [6.07, 6.45) is 0. The first-order chi connectivity index (χ1) is 28.6. The summed E-state index contributed by atoms with van der Waals surface area (Å²) in [6.45, 7) is 16.5. The molecule has 4 heterocycles. The second-order valence-corrected chi connectivity index (χ2v) is 14.5. The van der Waals surface area contributed by atoms with Crippen LogP contribution in [0, 0.1) is 24.5 Å². The minimum Gasteiger partial charge on any atom is -0.456 e. The third-order valence-corrected chi connectivity index (χ3v) is 11.6. The number of nitriles is 1.